The molecule has 0 spiro atoms. The lowest BCUT2D eigenvalue weighted by Crippen LogP contribution is -2.43. The number of carbonyl (C=O) groups excluding carboxylic acids is 2. The minimum absolute atomic E-state index is 0.215. The van der Waals surface area contributed by atoms with Crippen LogP contribution in [0.3, 0.4) is 0 Å². The molecule has 18 heavy (non-hydrogen) atoms. The minimum Gasteiger partial charge on any atom is -0.464 e. The van der Waals surface area contributed by atoms with E-state index >= 15 is 0 Å². The fourth-order valence-electron chi connectivity index (χ4n) is 1.45. The van der Waals surface area contributed by atoms with Crippen LogP contribution in [-0.4, -0.2) is 30.3 Å². The molecule has 0 radical (unpaired) electrons. The first-order valence-corrected chi connectivity index (χ1v) is 6.41. The Balaban J connectivity index is 2.50. The Kier molecular flexibility index (Phi) is 6.28. The first kappa shape index (κ1) is 14.6. The number of amides is 1. The first-order chi connectivity index (χ1) is 8.67. The van der Waals surface area contributed by atoms with Gasteiger partial charge in [-0.25, -0.2) is 4.79 Å². The Hall–Kier alpha value is -1.49. The lowest BCUT2D eigenvalue weighted by molar-refractivity contribution is -0.146. The molecule has 0 heterocycles. The lowest BCUT2D eigenvalue weighted by Gasteiger charge is -2.14. The number of carbonyl (C=O) groups is 2. The molecule has 98 valence electrons. The van der Waals surface area contributed by atoms with Gasteiger partial charge in [-0.2, -0.15) is 12.6 Å². The van der Waals surface area contributed by atoms with Crippen molar-refractivity contribution in [2.45, 2.75) is 19.4 Å². The van der Waals surface area contributed by atoms with Crippen molar-refractivity contribution in [3.05, 3.63) is 35.9 Å². The van der Waals surface area contributed by atoms with Gasteiger partial charge in [-0.1, -0.05) is 30.3 Å². The van der Waals surface area contributed by atoms with Crippen LogP contribution >= 0.6 is 12.6 Å². The van der Waals surface area contributed by atoms with Crippen molar-refractivity contribution in [3.8, 4) is 0 Å². The maximum atomic E-state index is 11.7. The molecule has 0 saturated carbocycles. The Bertz CT molecular complexity index is 394. The van der Waals surface area contributed by atoms with Crippen LogP contribution in [-0.2, 0) is 20.7 Å². The molecule has 1 rings (SSSR count). The quantitative estimate of drug-likeness (QED) is 0.601. The van der Waals surface area contributed by atoms with Gasteiger partial charge in [0.25, 0.3) is 0 Å². The SMILES string of the molecule is CCOC(=O)C(CS)NC(=O)Cc1ccccc1. The molecule has 4 nitrogen and oxygen atoms in total. The van der Waals surface area contributed by atoms with Crippen LogP contribution in [0.2, 0.25) is 0 Å². The fourth-order valence-corrected chi connectivity index (χ4v) is 1.69. The summed E-state index contributed by atoms with van der Waals surface area (Å²) in [4.78, 5) is 23.2. The normalized spacial score (nSPS) is 11.7. The third-order valence-corrected chi connectivity index (χ3v) is 2.66. The maximum absolute atomic E-state index is 11.7. The van der Waals surface area contributed by atoms with Crippen molar-refractivity contribution in [1.29, 1.82) is 0 Å². The van der Waals surface area contributed by atoms with Crippen LogP contribution < -0.4 is 5.32 Å². The van der Waals surface area contributed by atoms with E-state index in [1.54, 1.807) is 6.92 Å². The molecule has 1 aromatic carbocycles. The van der Waals surface area contributed by atoms with Crippen molar-refractivity contribution < 1.29 is 14.3 Å². The second-order valence-corrected chi connectivity index (χ2v) is 4.08. The van der Waals surface area contributed by atoms with Gasteiger partial charge in [0.05, 0.1) is 13.0 Å². The summed E-state index contributed by atoms with van der Waals surface area (Å²) in [5.74, 6) is -0.443. The second kappa shape index (κ2) is 7.76. The molecule has 0 bridgehead atoms. The number of esters is 1. The summed E-state index contributed by atoms with van der Waals surface area (Å²) in [7, 11) is 0. The maximum Gasteiger partial charge on any atom is 0.329 e. The topological polar surface area (TPSA) is 55.4 Å². The smallest absolute Gasteiger partial charge is 0.329 e. The van der Waals surface area contributed by atoms with E-state index in [4.69, 9.17) is 4.74 Å². The Morgan fingerprint density at radius 3 is 2.56 bits per heavy atom. The molecule has 5 heteroatoms. The van der Waals surface area contributed by atoms with E-state index in [0.717, 1.165) is 5.56 Å². The van der Waals surface area contributed by atoms with E-state index in [-0.39, 0.29) is 24.7 Å². The number of nitrogens with one attached hydrogen (secondary N) is 1. The van der Waals surface area contributed by atoms with E-state index in [1.165, 1.54) is 0 Å². The zero-order valence-electron chi connectivity index (χ0n) is 10.3. The van der Waals surface area contributed by atoms with E-state index in [2.05, 4.69) is 17.9 Å². The molecule has 1 atom stereocenters. The van der Waals surface area contributed by atoms with E-state index in [9.17, 15) is 9.59 Å². The van der Waals surface area contributed by atoms with Gasteiger partial charge in [-0.05, 0) is 12.5 Å². The van der Waals surface area contributed by atoms with Gasteiger partial charge < -0.3 is 10.1 Å². The minimum atomic E-state index is -0.690. The molecule has 0 aliphatic heterocycles. The van der Waals surface area contributed by atoms with Gasteiger partial charge >= 0.3 is 5.97 Å². The monoisotopic (exact) mass is 267 g/mol. The molecule has 0 aromatic heterocycles. The highest BCUT2D eigenvalue weighted by atomic mass is 32.1. The molecular weight excluding hydrogens is 250 g/mol. The lowest BCUT2D eigenvalue weighted by atomic mass is 10.1. The number of hydrogen-bond donors (Lipinski definition) is 2. The Morgan fingerprint density at radius 2 is 2.00 bits per heavy atom. The summed E-state index contributed by atoms with van der Waals surface area (Å²) in [6.07, 6.45) is 0.241. The predicted molar refractivity (Wildman–Crippen MR) is 72.6 cm³/mol. The summed E-state index contributed by atoms with van der Waals surface area (Å²) in [6, 6.07) is 8.65. The molecule has 1 unspecified atom stereocenters. The molecule has 0 saturated heterocycles. The van der Waals surface area contributed by atoms with Gasteiger partial charge in [0.2, 0.25) is 5.91 Å². The molecule has 1 N–H and O–H groups in total. The van der Waals surface area contributed by atoms with E-state index in [1.807, 2.05) is 30.3 Å². The number of thiol groups is 1. The van der Waals surface area contributed by atoms with Crippen LogP contribution in [0.15, 0.2) is 30.3 Å². The van der Waals surface area contributed by atoms with E-state index in [0.29, 0.717) is 0 Å². The molecule has 0 fully saturated rings. The molecule has 1 aromatic rings. The van der Waals surface area contributed by atoms with Gasteiger partial charge in [-0.3, -0.25) is 4.79 Å². The van der Waals surface area contributed by atoms with Crippen LogP contribution in [0, 0.1) is 0 Å². The number of hydrogen-bond acceptors (Lipinski definition) is 4. The average molecular weight is 267 g/mol. The summed E-state index contributed by atoms with van der Waals surface area (Å²) < 4.78 is 4.84. The summed E-state index contributed by atoms with van der Waals surface area (Å²) >= 11 is 4.03. The Labute approximate surface area is 112 Å². The largest absolute Gasteiger partial charge is 0.464 e. The number of ether oxygens (including phenoxy) is 1. The van der Waals surface area contributed by atoms with Gasteiger partial charge in [0.1, 0.15) is 6.04 Å². The predicted octanol–water partition coefficient (Wildman–Crippen LogP) is 1.21. The average Bonchev–Trinajstić information content (AvgIpc) is 2.37. The second-order valence-electron chi connectivity index (χ2n) is 3.72. The zero-order valence-corrected chi connectivity index (χ0v) is 11.2. The van der Waals surface area contributed by atoms with Crippen LogP contribution in [0.5, 0.6) is 0 Å². The van der Waals surface area contributed by atoms with Gasteiger partial charge in [-0.15, -0.1) is 0 Å². The molecular formula is C13H17NO3S. The third-order valence-electron chi connectivity index (χ3n) is 2.30. The third kappa shape index (κ3) is 4.79. The van der Waals surface area contributed by atoms with E-state index < -0.39 is 12.0 Å². The van der Waals surface area contributed by atoms with Gasteiger partial charge in [0.15, 0.2) is 0 Å². The van der Waals surface area contributed by atoms with Gasteiger partial charge in [0, 0.05) is 5.75 Å². The highest BCUT2D eigenvalue weighted by Crippen LogP contribution is 2.00. The Morgan fingerprint density at radius 1 is 1.33 bits per heavy atom. The first-order valence-electron chi connectivity index (χ1n) is 5.78. The van der Waals surface area contributed by atoms with Crippen molar-refractivity contribution >= 4 is 24.5 Å². The van der Waals surface area contributed by atoms with Crippen molar-refractivity contribution in [2.24, 2.45) is 0 Å². The van der Waals surface area contributed by atoms with Crippen LogP contribution in [0.4, 0.5) is 0 Å². The number of benzene rings is 1. The standard InChI is InChI=1S/C13H17NO3S/c1-2-17-13(16)11(9-18)14-12(15)8-10-6-4-3-5-7-10/h3-7,11,18H,2,8-9H2,1H3,(H,14,15). The number of rotatable bonds is 6. The van der Waals surface area contributed by atoms with Crippen molar-refractivity contribution in [3.63, 3.8) is 0 Å². The highest BCUT2D eigenvalue weighted by Gasteiger charge is 2.20. The summed E-state index contributed by atoms with van der Waals surface area (Å²) in [6.45, 7) is 2.01. The highest BCUT2D eigenvalue weighted by molar-refractivity contribution is 7.80. The molecule has 0 aliphatic carbocycles. The van der Waals surface area contributed by atoms with Crippen molar-refractivity contribution in [1.82, 2.24) is 5.32 Å². The van der Waals surface area contributed by atoms with Crippen LogP contribution in [0.1, 0.15) is 12.5 Å². The van der Waals surface area contributed by atoms with Crippen molar-refractivity contribution in [2.75, 3.05) is 12.4 Å². The fraction of sp³-hybridized carbons (Fsp3) is 0.385. The van der Waals surface area contributed by atoms with Crippen LogP contribution in [0.25, 0.3) is 0 Å². The summed E-state index contributed by atoms with van der Waals surface area (Å²) in [5.41, 5.74) is 0.900. The summed E-state index contributed by atoms with van der Waals surface area (Å²) in [5, 5.41) is 2.61. The molecule has 0 aliphatic rings. The zero-order chi connectivity index (χ0) is 13.4. The molecule has 1 amide bonds.